The zero-order chi connectivity index (χ0) is 19.8. The van der Waals surface area contributed by atoms with Crippen molar-refractivity contribution in [1.82, 2.24) is 0 Å². The third-order valence-electron chi connectivity index (χ3n) is 3.83. The second kappa shape index (κ2) is 9.38. The summed E-state index contributed by atoms with van der Waals surface area (Å²) in [6.45, 7) is 0.0827. The summed E-state index contributed by atoms with van der Waals surface area (Å²) in [5.41, 5.74) is 6.31. The van der Waals surface area contributed by atoms with Gasteiger partial charge in [-0.25, -0.2) is 4.39 Å². The van der Waals surface area contributed by atoms with Gasteiger partial charge in [-0.3, -0.25) is 9.59 Å². The van der Waals surface area contributed by atoms with Gasteiger partial charge < -0.3 is 20.1 Å². The first-order valence-corrected chi connectivity index (χ1v) is 8.20. The number of hydrogen-bond donors (Lipinski definition) is 1. The molecule has 0 radical (unpaired) electrons. The van der Waals surface area contributed by atoms with Crippen LogP contribution in [-0.4, -0.2) is 32.6 Å². The third-order valence-corrected chi connectivity index (χ3v) is 3.83. The maximum Gasteiger partial charge on any atom is 0.251 e. The molecule has 0 aromatic heterocycles. The molecule has 2 amide bonds. The molecule has 0 atom stereocenters. The van der Waals surface area contributed by atoms with E-state index in [4.69, 9.17) is 15.2 Å². The van der Waals surface area contributed by atoms with Gasteiger partial charge in [0, 0.05) is 30.3 Å². The lowest BCUT2D eigenvalue weighted by Gasteiger charge is -2.21. The summed E-state index contributed by atoms with van der Waals surface area (Å²) in [5.74, 6) is -0.142. The molecule has 0 aliphatic rings. The molecule has 0 heterocycles. The van der Waals surface area contributed by atoms with Gasteiger partial charge in [0.15, 0.2) is 0 Å². The zero-order valence-electron chi connectivity index (χ0n) is 15.1. The second-order valence-electron chi connectivity index (χ2n) is 5.62. The quantitative estimate of drug-likeness (QED) is 0.723. The molecule has 0 fully saturated rings. The summed E-state index contributed by atoms with van der Waals surface area (Å²) < 4.78 is 23.6. The maximum atomic E-state index is 13.2. The first-order chi connectivity index (χ1) is 12.9. The highest BCUT2D eigenvalue weighted by molar-refractivity contribution is 6.04. The summed E-state index contributed by atoms with van der Waals surface area (Å²) in [7, 11) is 3.07. The summed E-state index contributed by atoms with van der Waals surface area (Å²) in [6, 6.07) is 10.6. The zero-order valence-corrected chi connectivity index (χ0v) is 15.1. The minimum absolute atomic E-state index is 0.0144. The van der Waals surface area contributed by atoms with Gasteiger partial charge in [0.05, 0.1) is 14.2 Å². The Hall–Kier alpha value is -3.35. The molecule has 0 spiro atoms. The Labute approximate surface area is 157 Å². The lowest BCUT2D eigenvalue weighted by molar-refractivity contribution is -0.118. The lowest BCUT2D eigenvalue weighted by atomic mass is 10.1. The van der Waals surface area contributed by atoms with E-state index in [-0.39, 0.29) is 18.9 Å². The fourth-order valence-electron chi connectivity index (χ4n) is 2.43. The van der Waals surface area contributed by atoms with Crippen molar-refractivity contribution in [3.05, 3.63) is 59.9 Å². The van der Waals surface area contributed by atoms with Gasteiger partial charge in [0.1, 0.15) is 17.3 Å². The summed E-state index contributed by atoms with van der Waals surface area (Å²) in [5, 5.41) is 0. The van der Waals surface area contributed by atoms with Crippen LogP contribution < -0.4 is 20.1 Å². The van der Waals surface area contributed by atoms with E-state index in [1.807, 2.05) is 0 Å². The van der Waals surface area contributed by atoms with E-state index in [9.17, 15) is 14.0 Å². The Balaban J connectivity index is 2.28. The van der Waals surface area contributed by atoms with Crippen molar-refractivity contribution in [3.8, 4) is 11.5 Å². The van der Waals surface area contributed by atoms with Crippen molar-refractivity contribution < 1.29 is 23.5 Å². The van der Waals surface area contributed by atoms with E-state index in [1.54, 1.807) is 31.4 Å². The number of nitrogens with zero attached hydrogens (tertiary/aromatic N) is 1. The first kappa shape index (κ1) is 20.0. The predicted octanol–water partition coefficient (Wildman–Crippen LogP) is 2.76. The van der Waals surface area contributed by atoms with E-state index in [0.29, 0.717) is 22.7 Å². The molecule has 2 aromatic rings. The van der Waals surface area contributed by atoms with Crippen LogP contribution in [0.25, 0.3) is 6.08 Å². The largest absolute Gasteiger partial charge is 0.497 e. The number of carbonyl (C=O) groups is 2. The second-order valence-corrected chi connectivity index (χ2v) is 5.62. The van der Waals surface area contributed by atoms with E-state index in [0.717, 1.165) is 0 Å². The number of carbonyl (C=O) groups excluding carboxylic acids is 2. The first-order valence-electron chi connectivity index (χ1n) is 8.20. The van der Waals surface area contributed by atoms with Gasteiger partial charge in [-0.05, 0) is 48.5 Å². The Morgan fingerprint density at radius 1 is 1.11 bits per heavy atom. The number of hydrogen-bond acceptors (Lipinski definition) is 4. The third kappa shape index (κ3) is 5.57. The molecule has 7 heteroatoms. The van der Waals surface area contributed by atoms with Gasteiger partial charge in [-0.15, -0.1) is 0 Å². The van der Waals surface area contributed by atoms with Crippen molar-refractivity contribution in [2.45, 2.75) is 6.42 Å². The van der Waals surface area contributed by atoms with E-state index in [1.165, 1.54) is 42.4 Å². The fraction of sp³-hybridized carbons (Fsp3) is 0.200. The van der Waals surface area contributed by atoms with Crippen molar-refractivity contribution in [2.75, 3.05) is 25.7 Å². The topological polar surface area (TPSA) is 81.9 Å². The molecule has 0 saturated heterocycles. The van der Waals surface area contributed by atoms with Gasteiger partial charge in [-0.1, -0.05) is 0 Å². The number of primary amides is 1. The van der Waals surface area contributed by atoms with Crippen LogP contribution in [0, 0.1) is 5.82 Å². The van der Waals surface area contributed by atoms with Crippen LogP contribution in [0.1, 0.15) is 12.0 Å². The number of rotatable bonds is 8. The van der Waals surface area contributed by atoms with Crippen molar-refractivity contribution >= 4 is 23.6 Å². The van der Waals surface area contributed by atoms with Gasteiger partial charge in [-0.2, -0.15) is 0 Å². The molecule has 27 heavy (non-hydrogen) atoms. The minimum atomic E-state index is -0.534. The number of halogens is 1. The highest BCUT2D eigenvalue weighted by atomic mass is 19.1. The number of amides is 2. The molecular formula is C20H21FN2O4. The van der Waals surface area contributed by atoms with E-state index < -0.39 is 11.7 Å². The molecule has 0 saturated carbocycles. The Bertz CT molecular complexity index is 834. The van der Waals surface area contributed by atoms with Crippen LogP contribution in [0.4, 0.5) is 10.1 Å². The molecule has 0 aliphatic carbocycles. The number of ether oxygens (including phenoxy) is 2. The number of anilines is 1. The van der Waals surface area contributed by atoms with Crippen molar-refractivity contribution in [1.29, 1.82) is 0 Å². The summed E-state index contributed by atoms with van der Waals surface area (Å²) in [6.07, 6.45) is 2.92. The molecule has 2 rings (SSSR count). The molecule has 0 unspecified atom stereocenters. The van der Waals surface area contributed by atoms with E-state index >= 15 is 0 Å². The molecule has 2 aromatic carbocycles. The van der Waals surface area contributed by atoms with Crippen LogP contribution in [0.15, 0.2) is 48.5 Å². The van der Waals surface area contributed by atoms with Crippen LogP contribution in [0.5, 0.6) is 11.5 Å². The Morgan fingerprint density at radius 2 is 1.81 bits per heavy atom. The maximum absolute atomic E-state index is 13.2. The molecule has 142 valence electrons. The molecule has 2 N–H and O–H groups in total. The molecule has 0 bridgehead atoms. The predicted molar refractivity (Wildman–Crippen MR) is 101 cm³/mol. The van der Waals surface area contributed by atoms with Crippen LogP contribution in [-0.2, 0) is 9.59 Å². The summed E-state index contributed by atoms with van der Waals surface area (Å²) >= 11 is 0. The van der Waals surface area contributed by atoms with Crippen LogP contribution >= 0.6 is 0 Å². The van der Waals surface area contributed by atoms with Gasteiger partial charge >= 0.3 is 0 Å². The fourth-order valence-corrected chi connectivity index (χ4v) is 2.43. The number of benzene rings is 2. The van der Waals surface area contributed by atoms with Crippen LogP contribution in [0.2, 0.25) is 0 Å². The van der Waals surface area contributed by atoms with Gasteiger partial charge in [0.2, 0.25) is 5.91 Å². The molecular weight excluding hydrogens is 351 g/mol. The molecule has 6 nitrogen and oxygen atoms in total. The van der Waals surface area contributed by atoms with Crippen molar-refractivity contribution in [3.63, 3.8) is 0 Å². The highest BCUT2D eigenvalue weighted by Crippen LogP contribution is 2.25. The van der Waals surface area contributed by atoms with Crippen molar-refractivity contribution in [2.24, 2.45) is 5.73 Å². The molecule has 0 aliphatic heterocycles. The Kier molecular flexibility index (Phi) is 6.93. The SMILES string of the molecule is COc1ccc(OC)c(/C=C/C(=O)N(CCC(N)=O)c2ccc(F)cc2)c1. The average molecular weight is 372 g/mol. The normalized spacial score (nSPS) is 10.6. The highest BCUT2D eigenvalue weighted by Gasteiger charge is 2.15. The van der Waals surface area contributed by atoms with E-state index in [2.05, 4.69) is 0 Å². The van der Waals surface area contributed by atoms with Crippen LogP contribution in [0.3, 0.4) is 0 Å². The number of nitrogens with two attached hydrogens (primary N) is 1. The standard InChI is InChI=1S/C20H21FN2O4/c1-26-17-8-9-18(27-2)14(13-17)3-10-20(25)23(12-11-19(22)24)16-6-4-15(21)5-7-16/h3-10,13H,11-12H2,1-2H3,(H2,22,24)/b10-3+. The Morgan fingerprint density at radius 3 is 2.41 bits per heavy atom. The summed E-state index contributed by atoms with van der Waals surface area (Å²) in [4.78, 5) is 25.2. The smallest absolute Gasteiger partial charge is 0.251 e. The number of methoxy groups -OCH3 is 2. The monoisotopic (exact) mass is 372 g/mol. The van der Waals surface area contributed by atoms with Gasteiger partial charge in [0.25, 0.3) is 5.91 Å². The average Bonchev–Trinajstić information content (AvgIpc) is 2.67. The lowest BCUT2D eigenvalue weighted by Crippen LogP contribution is -2.32. The minimum Gasteiger partial charge on any atom is -0.497 e.